The Labute approximate surface area is 172 Å². The summed E-state index contributed by atoms with van der Waals surface area (Å²) < 4.78 is 17.7. The van der Waals surface area contributed by atoms with Gasteiger partial charge < -0.3 is 19.5 Å². The molecule has 0 radical (unpaired) electrons. The lowest BCUT2D eigenvalue weighted by Crippen LogP contribution is -2.31. The SMILES string of the molecule is COCC(CNc1c(C)nc(-c2cc3c(cc2OC)CCCC3)n(C)c1=O)OC. The third kappa shape index (κ3) is 4.46. The van der Waals surface area contributed by atoms with Crippen LogP contribution in [0.15, 0.2) is 16.9 Å². The van der Waals surface area contributed by atoms with Crippen molar-refractivity contribution in [1.82, 2.24) is 9.55 Å². The van der Waals surface area contributed by atoms with E-state index in [0.717, 1.165) is 24.2 Å². The summed E-state index contributed by atoms with van der Waals surface area (Å²) in [5.74, 6) is 1.37. The summed E-state index contributed by atoms with van der Waals surface area (Å²) >= 11 is 0. The molecule has 2 aromatic rings. The maximum absolute atomic E-state index is 13.1. The minimum absolute atomic E-state index is 0.125. The number of benzene rings is 1. The smallest absolute Gasteiger partial charge is 0.277 e. The van der Waals surface area contributed by atoms with Gasteiger partial charge >= 0.3 is 0 Å². The average Bonchev–Trinajstić information content (AvgIpc) is 2.74. The normalized spacial score (nSPS) is 14.4. The van der Waals surface area contributed by atoms with Gasteiger partial charge in [-0.15, -0.1) is 0 Å². The van der Waals surface area contributed by atoms with Gasteiger partial charge in [0.25, 0.3) is 5.56 Å². The zero-order valence-corrected chi connectivity index (χ0v) is 18.0. The molecule has 0 saturated heterocycles. The van der Waals surface area contributed by atoms with Crippen LogP contribution in [-0.4, -0.2) is 50.1 Å². The maximum atomic E-state index is 13.1. The van der Waals surface area contributed by atoms with Gasteiger partial charge in [-0.3, -0.25) is 9.36 Å². The number of nitrogens with one attached hydrogen (secondary N) is 1. The first-order valence-corrected chi connectivity index (χ1v) is 10.0. The molecule has 29 heavy (non-hydrogen) atoms. The van der Waals surface area contributed by atoms with Crippen molar-refractivity contribution in [3.8, 4) is 17.1 Å². The summed E-state index contributed by atoms with van der Waals surface area (Å²) in [4.78, 5) is 17.8. The van der Waals surface area contributed by atoms with Crippen LogP contribution in [-0.2, 0) is 29.4 Å². The molecule has 0 amide bonds. The fourth-order valence-electron chi connectivity index (χ4n) is 3.87. The molecular formula is C22H31N3O4. The van der Waals surface area contributed by atoms with Gasteiger partial charge in [-0.2, -0.15) is 0 Å². The van der Waals surface area contributed by atoms with Crippen LogP contribution in [0, 0.1) is 6.92 Å². The minimum atomic E-state index is -0.149. The van der Waals surface area contributed by atoms with Gasteiger partial charge in [-0.05, 0) is 55.9 Å². The maximum Gasteiger partial charge on any atom is 0.277 e. The molecule has 7 heteroatoms. The van der Waals surface area contributed by atoms with Crippen LogP contribution in [0.5, 0.6) is 5.75 Å². The molecule has 3 rings (SSSR count). The van der Waals surface area contributed by atoms with Gasteiger partial charge in [0.15, 0.2) is 0 Å². The molecule has 0 fully saturated rings. The van der Waals surface area contributed by atoms with Gasteiger partial charge in [0.1, 0.15) is 17.3 Å². The topological polar surface area (TPSA) is 74.6 Å². The highest BCUT2D eigenvalue weighted by Crippen LogP contribution is 2.34. The first-order valence-electron chi connectivity index (χ1n) is 10.0. The third-order valence-electron chi connectivity index (χ3n) is 5.57. The lowest BCUT2D eigenvalue weighted by atomic mass is 9.89. The van der Waals surface area contributed by atoms with Gasteiger partial charge in [0, 0.05) is 27.8 Å². The summed E-state index contributed by atoms with van der Waals surface area (Å²) in [6.07, 6.45) is 4.37. The Morgan fingerprint density at radius 2 is 1.86 bits per heavy atom. The van der Waals surface area contributed by atoms with Crippen LogP contribution in [0.25, 0.3) is 11.4 Å². The second-order valence-corrected chi connectivity index (χ2v) is 7.48. The van der Waals surface area contributed by atoms with Crippen molar-refractivity contribution in [1.29, 1.82) is 0 Å². The lowest BCUT2D eigenvalue weighted by molar-refractivity contribution is 0.0365. The Bertz CT molecular complexity index is 923. The summed E-state index contributed by atoms with van der Waals surface area (Å²) in [5.41, 5.74) is 4.52. The van der Waals surface area contributed by atoms with E-state index >= 15 is 0 Å². The van der Waals surface area contributed by atoms with Gasteiger partial charge in [0.2, 0.25) is 0 Å². The number of aryl methyl sites for hydroxylation is 3. The van der Waals surface area contributed by atoms with Crippen molar-refractivity contribution in [3.05, 3.63) is 39.3 Å². The summed E-state index contributed by atoms with van der Waals surface area (Å²) in [6, 6.07) is 4.24. The number of aromatic nitrogens is 2. The zero-order chi connectivity index (χ0) is 21.0. The van der Waals surface area contributed by atoms with E-state index in [-0.39, 0.29) is 11.7 Å². The number of nitrogens with zero attached hydrogens (tertiary/aromatic N) is 2. The summed E-state index contributed by atoms with van der Waals surface area (Å²) in [7, 11) is 6.66. The van der Waals surface area contributed by atoms with E-state index in [1.165, 1.54) is 24.0 Å². The summed E-state index contributed by atoms with van der Waals surface area (Å²) in [6.45, 7) is 2.75. The Morgan fingerprint density at radius 1 is 1.17 bits per heavy atom. The molecule has 1 heterocycles. The predicted molar refractivity (Wildman–Crippen MR) is 114 cm³/mol. The van der Waals surface area contributed by atoms with Crippen LogP contribution in [0.3, 0.4) is 0 Å². The lowest BCUT2D eigenvalue weighted by Gasteiger charge is -2.21. The van der Waals surface area contributed by atoms with E-state index in [2.05, 4.69) is 17.4 Å². The van der Waals surface area contributed by atoms with E-state index in [0.29, 0.717) is 30.4 Å². The quantitative estimate of drug-likeness (QED) is 0.733. The molecule has 1 aliphatic carbocycles. The van der Waals surface area contributed by atoms with E-state index < -0.39 is 0 Å². The van der Waals surface area contributed by atoms with E-state index in [9.17, 15) is 4.79 Å². The zero-order valence-electron chi connectivity index (χ0n) is 18.0. The predicted octanol–water partition coefficient (Wildman–Crippen LogP) is 2.72. The fourth-order valence-corrected chi connectivity index (χ4v) is 3.87. The number of ether oxygens (including phenoxy) is 3. The second kappa shape index (κ2) is 9.41. The monoisotopic (exact) mass is 401 g/mol. The standard InChI is InChI=1S/C22H31N3O4/c1-14-20(23-12-17(28-4)13-27-3)22(26)25(2)21(24-14)18-10-15-8-6-7-9-16(15)11-19(18)29-5/h10-11,17,23H,6-9,12-13H2,1-5H3. The Balaban J connectivity index is 1.99. The highest BCUT2D eigenvalue weighted by Gasteiger charge is 2.20. The van der Waals surface area contributed by atoms with Gasteiger partial charge in [0.05, 0.1) is 31.1 Å². The van der Waals surface area contributed by atoms with E-state index in [4.69, 9.17) is 19.2 Å². The third-order valence-corrected chi connectivity index (χ3v) is 5.57. The molecule has 0 spiro atoms. The van der Waals surface area contributed by atoms with E-state index in [1.807, 2.05) is 6.92 Å². The molecule has 158 valence electrons. The number of fused-ring (bicyclic) bond motifs is 1. The van der Waals surface area contributed by atoms with Crippen molar-refractivity contribution in [2.45, 2.75) is 38.7 Å². The highest BCUT2D eigenvalue weighted by atomic mass is 16.5. The molecule has 0 bridgehead atoms. The largest absolute Gasteiger partial charge is 0.496 e. The number of methoxy groups -OCH3 is 3. The molecular weight excluding hydrogens is 370 g/mol. The van der Waals surface area contributed by atoms with Crippen molar-refractivity contribution in [3.63, 3.8) is 0 Å². The number of hydrogen-bond acceptors (Lipinski definition) is 6. The summed E-state index contributed by atoms with van der Waals surface area (Å²) in [5, 5.41) is 3.18. The van der Waals surface area contributed by atoms with Crippen molar-refractivity contribution < 1.29 is 14.2 Å². The molecule has 0 aliphatic heterocycles. The number of rotatable bonds is 8. The van der Waals surface area contributed by atoms with Crippen LogP contribution in [0.4, 0.5) is 5.69 Å². The number of anilines is 1. The fraction of sp³-hybridized carbons (Fsp3) is 0.545. The van der Waals surface area contributed by atoms with Crippen LogP contribution >= 0.6 is 0 Å². The Morgan fingerprint density at radius 3 is 2.48 bits per heavy atom. The first kappa shape index (κ1) is 21.3. The Hall–Kier alpha value is -2.38. The molecule has 1 unspecified atom stereocenters. The number of hydrogen-bond donors (Lipinski definition) is 1. The average molecular weight is 402 g/mol. The van der Waals surface area contributed by atoms with E-state index in [1.54, 1.807) is 32.9 Å². The van der Waals surface area contributed by atoms with Gasteiger partial charge in [-0.25, -0.2) is 4.98 Å². The van der Waals surface area contributed by atoms with Gasteiger partial charge in [-0.1, -0.05) is 0 Å². The van der Waals surface area contributed by atoms with Crippen LogP contribution in [0.2, 0.25) is 0 Å². The molecule has 1 atom stereocenters. The van der Waals surface area contributed by atoms with Crippen LogP contribution < -0.4 is 15.6 Å². The molecule has 1 aromatic carbocycles. The highest BCUT2D eigenvalue weighted by molar-refractivity contribution is 5.68. The molecule has 1 aliphatic rings. The van der Waals surface area contributed by atoms with Crippen LogP contribution in [0.1, 0.15) is 29.7 Å². The van der Waals surface area contributed by atoms with Crippen molar-refractivity contribution >= 4 is 5.69 Å². The van der Waals surface area contributed by atoms with Crippen molar-refractivity contribution in [2.75, 3.05) is 39.8 Å². The minimum Gasteiger partial charge on any atom is -0.496 e. The molecule has 1 aromatic heterocycles. The Kier molecular flexibility index (Phi) is 6.92. The van der Waals surface area contributed by atoms with Crippen molar-refractivity contribution in [2.24, 2.45) is 7.05 Å². The first-order chi connectivity index (χ1) is 14.0. The molecule has 0 saturated carbocycles. The molecule has 1 N–H and O–H groups in total. The second-order valence-electron chi connectivity index (χ2n) is 7.48. The molecule has 7 nitrogen and oxygen atoms in total.